The largest absolute Gasteiger partial charge is 0.481 e. The van der Waals surface area contributed by atoms with E-state index in [1.807, 2.05) is 63.3 Å². The molecule has 2 atom stereocenters. The van der Waals surface area contributed by atoms with Gasteiger partial charge in [-0.2, -0.15) is 9.97 Å². The number of pyridine rings is 2. The number of Topliss-reactive ketones (excluding diaryl/α,β-unsaturated/α-hetero) is 2. The molecule has 346 valence electrons. The number of hydrogen-bond donors (Lipinski definition) is 3. The summed E-state index contributed by atoms with van der Waals surface area (Å²) in [6.07, 6.45) is 29.7. The molecule has 65 heavy (non-hydrogen) atoms. The second-order valence-corrected chi connectivity index (χ2v) is 18.0. The first-order valence-electron chi connectivity index (χ1n) is 21.8. The number of hydrogen-bond acceptors (Lipinski definition) is 11. The van der Waals surface area contributed by atoms with Crippen molar-refractivity contribution in [1.82, 2.24) is 9.97 Å². The van der Waals surface area contributed by atoms with Gasteiger partial charge in [0.25, 0.3) is 0 Å². The number of rotatable bonds is 18. The lowest BCUT2D eigenvalue weighted by Gasteiger charge is -2.43. The van der Waals surface area contributed by atoms with Gasteiger partial charge in [0.15, 0.2) is 17.2 Å². The highest BCUT2D eigenvalue weighted by Crippen LogP contribution is 2.44. The van der Waals surface area contributed by atoms with Crippen LogP contribution < -0.4 is 35.3 Å². The smallest absolute Gasteiger partial charge is 0.218 e. The van der Waals surface area contributed by atoms with Gasteiger partial charge in [0, 0.05) is 42.1 Å². The molecule has 0 spiro atoms. The minimum absolute atomic E-state index is 0.0697. The Morgan fingerprint density at radius 1 is 0.615 bits per heavy atom. The maximum Gasteiger partial charge on any atom is 0.218 e. The van der Waals surface area contributed by atoms with Gasteiger partial charge in [-0.3, -0.25) is 9.59 Å². The molecule has 0 bridgehead atoms. The van der Waals surface area contributed by atoms with Gasteiger partial charge in [-0.1, -0.05) is 135 Å². The van der Waals surface area contributed by atoms with Crippen molar-refractivity contribution in [2.45, 2.75) is 93.8 Å². The van der Waals surface area contributed by atoms with Gasteiger partial charge in [-0.15, -0.1) is 0 Å². The summed E-state index contributed by atoms with van der Waals surface area (Å²) in [5.41, 5.74) is 13.9. The van der Waals surface area contributed by atoms with Crippen molar-refractivity contribution in [3.8, 4) is 23.5 Å². The Labute approximate surface area is 387 Å². The molecule has 0 saturated carbocycles. The standard InChI is InChI=1S/C54H69N5O6/c1-35(21-17-23-37(3)25-27-43-39(5)50(60)45(33-52(43,7)8)56-41-29-46(62-11)57-47(30-41)63-12)19-15-16-20-36(2)22-18-24-38(4)26-28-44-40(6)51(61)54(55,34-53(44,9)10)59-42-31-48(64-13)58-49(32-42)65-14/h15-32,45H,33-34,55H2,1-14H3,(H,56,57)(H,58,59). The van der Waals surface area contributed by atoms with Gasteiger partial charge in [0.2, 0.25) is 23.5 Å². The van der Waals surface area contributed by atoms with Crippen LogP contribution in [-0.4, -0.2) is 61.7 Å². The molecule has 2 aromatic heterocycles. The van der Waals surface area contributed by atoms with Crippen LogP contribution in [0.2, 0.25) is 0 Å². The van der Waals surface area contributed by atoms with Crippen LogP contribution in [0.4, 0.5) is 11.4 Å². The molecular weight excluding hydrogens is 815 g/mol. The highest BCUT2D eigenvalue weighted by Gasteiger charge is 2.47. The third-order valence-corrected chi connectivity index (χ3v) is 11.5. The molecule has 0 saturated heterocycles. The summed E-state index contributed by atoms with van der Waals surface area (Å²) in [6, 6.07) is 6.54. The third-order valence-electron chi connectivity index (χ3n) is 11.5. The van der Waals surface area contributed by atoms with Gasteiger partial charge < -0.3 is 35.3 Å². The minimum Gasteiger partial charge on any atom is -0.481 e. The summed E-state index contributed by atoms with van der Waals surface area (Å²) < 4.78 is 21.2. The first kappa shape index (κ1) is 51.2. The topological polar surface area (TPSA) is 147 Å². The summed E-state index contributed by atoms with van der Waals surface area (Å²) in [7, 11) is 6.15. The van der Waals surface area contributed by atoms with Gasteiger partial charge in [0.05, 0.1) is 34.5 Å². The molecule has 2 aromatic rings. The van der Waals surface area contributed by atoms with Crippen molar-refractivity contribution in [3.05, 3.63) is 154 Å². The molecule has 0 fully saturated rings. The van der Waals surface area contributed by atoms with Crippen LogP contribution >= 0.6 is 0 Å². The highest BCUT2D eigenvalue weighted by molar-refractivity contribution is 6.06. The third kappa shape index (κ3) is 14.0. The SMILES string of the molecule is COc1cc(NC2CC(C)(C)C(C=CC(C)=CC=CC(C)=CC=CC=C(C)C=CC=C(C)C=CC3=C(C)C(=O)C(N)(Nc4cc(OC)nc(OC)c4)CC3(C)C)=C(C)C2=O)cc(OC)n1. The van der Waals surface area contributed by atoms with Crippen LogP contribution in [-0.2, 0) is 9.59 Å². The number of carbonyl (C=O) groups is 2. The number of anilines is 2. The zero-order chi connectivity index (χ0) is 48.1. The van der Waals surface area contributed by atoms with E-state index in [-0.39, 0.29) is 28.4 Å². The second-order valence-electron chi connectivity index (χ2n) is 18.0. The van der Waals surface area contributed by atoms with E-state index in [2.05, 4.69) is 112 Å². The fourth-order valence-corrected chi connectivity index (χ4v) is 8.13. The first-order valence-corrected chi connectivity index (χ1v) is 21.8. The maximum absolute atomic E-state index is 13.7. The van der Waals surface area contributed by atoms with Crippen LogP contribution in [0.5, 0.6) is 23.5 Å². The molecule has 4 N–H and O–H groups in total. The van der Waals surface area contributed by atoms with Crippen LogP contribution in [0.25, 0.3) is 0 Å². The zero-order valence-electron chi connectivity index (χ0n) is 40.8. The molecule has 0 aromatic carbocycles. The molecule has 0 aliphatic heterocycles. The van der Waals surface area contributed by atoms with Gasteiger partial charge >= 0.3 is 0 Å². The summed E-state index contributed by atoms with van der Waals surface area (Å²) in [6.45, 7) is 20.5. The number of ether oxygens (including phenoxy) is 4. The van der Waals surface area contributed by atoms with Crippen molar-refractivity contribution in [1.29, 1.82) is 0 Å². The van der Waals surface area contributed by atoms with E-state index < -0.39 is 5.66 Å². The van der Waals surface area contributed by atoms with E-state index in [4.69, 9.17) is 24.7 Å². The molecule has 0 amide bonds. The monoisotopic (exact) mass is 884 g/mol. The fraction of sp³-hybridized carbons (Fsp3) is 0.370. The number of nitrogens with two attached hydrogens (primary N) is 1. The number of methoxy groups -OCH3 is 4. The number of nitrogens with one attached hydrogen (secondary N) is 2. The van der Waals surface area contributed by atoms with Crippen molar-refractivity contribution in [2.75, 3.05) is 39.1 Å². The molecule has 11 heteroatoms. The summed E-state index contributed by atoms with van der Waals surface area (Å²) in [5, 5.41) is 6.63. The summed E-state index contributed by atoms with van der Waals surface area (Å²) in [4.78, 5) is 35.7. The number of aromatic nitrogens is 2. The van der Waals surface area contributed by atoms with Crippen LogP contribution in [0.3, 0.4) is 0 Å². The van der Waals surface area contributed by atoms with E-state index in [0.717, 1.165) is 44.7 Å². The Morgan fingerprint density at radius 2 is 1.02 bits per heavy atom. The minimum atomic E-state index is -1.32. The van der Waals surface area contributed by atoms with Crippen molar-refractivity contribution in [3.63, 3.8) is 0 Å². The predicted octanol–water partition coefficient (Wildman–Crippen LogP) is 11.3. The van der Waals surface area contributed by atoms with Crippen LogP contribution in [0.15, 0.2) is 154 Å². The van der Waals surface area contributed by atoms with Gasteiger partial charge in [-0.05, 0) is 81.1 Å². The van der Waals surface area contributed by atoms with Gasteiger partial charge in [-0.25, -0.2) is 0 Å². The number of allylic oxidation sites excluding steroid dienone is 20. The Bertz CT molecular complexity index is 2410. The molecule has 0 radical (unpaired) electrons. The fourth-order valence-electron chi connectivity index (χ4n) is 8.13. The van der Waals surface area contributed by atoms with E-state index in [1.165, 1.54) is 14.2 Å². The molecule has 2 unspecified atom stereocenters. The molecular formula is C54H69N5O6. The Morgan fingerprint density at radius 3 is 1.46 bits per heavy atom. The Balaban J connectivity index is 1.32. The lowest BCUT2D eigenvalue weighted by Crippen LogP contribution is -2.60. The lowest BCUT2D eigenvalue weighted by molar-refractivity contribution is -0.121. The van der Waals surface area contributed by atoms with Crippen LogP contribution in [0, 0.1) is 10.8 Å². The van der Waals surface area contributed by atoms with E-state index in [9.17, 15) is 9.59 Å². The van der Waals surface area contributed by atoms with Crippen molar-refractivity contribution in [2.24, 2.45) is 16.6 Å². The van der Waals surface area contributed by atoms with Crippen molar-refractivity contribution < 1.29 is 28.5 Å². The molecule has 11 nitrogen and oxygen atoms in total. The molecule has 2 aliphatic carbocycles. The van der Waals surface area contributed by atoms with E-state index in [0.29, 0.717) is 47.6 Å². The predicted molar refractivity (Wildman–Crippen MR) is 266 cm³/mol. The average Bonchev–Trinajstić information content (AvgIpc) is 3.25. The summed E-state index contributed by atoms with van der Waals surface area (Å²) in [5.74, 6) is 1.45. The maximum atomic E-state index is 13.7. The Kier molecular flexibility index (Phi) is 17.7. The molecule has 2 aliphatic rings. The molecule has 4 rings (SSSR count). The Hall–Kier alpha value is -6.46. The zero-order valence-corrected chi connectivity index (χ0v) is 40.8. The molecule has 2 heterocycles. The number of carbonyl (C=O) groups excluding carboxylic acids is 2. The lowest BCUT2D eigenvalue weighted by atomic mass is 9.67. The first-order chi connectivity index (χ1) is 30.6. The second kappa shape index (κ2) is 22.4. The van der Waals surface area contributed by atoms with Crippen LogP contribution in [0.1, 0.15) is 82.1 Å². The van der Waals surface area contributed by atoms with E-state index >= 15 is 0 Å². The average molecular weight is 884 g/mol. The normalized spacial score (nSPS) is 21.2. The highest BCUT2D eigenvalue weighted by atomic mass is 16.5. The van der Waals surface area contributed by atoms with Gasteiger partial charge in [0.1, 0.15) is 0 Å². The quantitative estimate of drug-likeness (QED) is 0.0971. The number of nitrogens with zero attached hydrogens (tertiary/aromatic N) is 2. The summed E-state index contributed by atoms with van der Waals surface area (Å²) >= 11 is 0. The van der Waals surface area contributed by atoms with Crippen molar-refractivity contribution >= 4 is 22.9 Å². The van der Waals surface area contributed by atoms with E-state index in [1.54, 1.807) is 38.5 Å². The number of ketones is 2.